The van der Waals surface area contributed by atoms with Crippen LogP contribution in [0.5, 0.6) is 0 Å². The summed E-state index contributed by atoms with van der Waals surface area (Å²) in [6, 6.07) is 18.4. The van der Waals surface area contributed by atoms with E-state index in [1.165, 1.54) is 12.1 Å². The van der Waals surface area contributed by atoms with Crippen LogP contribution in [0.2, 0.25) is 0 Å². The van der Waals surface area contributed by atoms with Crippen LogP contribution in [0.4, 0.5) is 10.1 Å². The van der Waals surface area contributed by atoms with Crippen molar-refractivity contribution in [2.75, 3.05) is 27.2 Å². The normalized spacial score (nSPS) is 17.5. The van der Waals surface area contributed by atoms with E-state index in [9.17, 15) is 24.0 Å². The summed E-state index contributed by atoms with van der Waals surface area (Å²) >= 11 is 0. The molecule has 1 fully saturated rings. The van der Waals surface area contributed by atoms with Crippen molar-refractivity contribution < 1.29 is 18.8 Å². The van der Waals surface area contributed by atoms with E-state index < -0.39 is 17.3 Å². The van der Waals surface area contributed by atoms with E-state index in [0.29, 0.717) is 49.0 Å². The molecular weight excluding hydrogens is 597 g/mol. The fourth-order valence-corrected chi connectivity index (χ4v) is 6.86. The molecule has 2 atom stereocenters. The van der Waals surface area contributed by atoms with Crippen LogP contribution < -0.4 is 21.7 Å². The molecule has 2 aliphatic rings. The van der Waals surface area contributed by atoms with Gasteiger partial charge in [-0.2, -0.15) is 5.26 Å². The van der Waals surface area contributed by atoms with Gasteiger partial charge in [0, 0.05) is 37.8 Å². The molecular formula is C36H40FN7O3. The Balaban J connectivity index is 1.66. The maximum absolute atomic E-state index is 13.8. The van der Waals surface area contributed by atoms with Crippen molar-refractivity contribution in [3.63, 3.8) is 0 Å². The molecule has 10 nitrogen and oxygen atoms in total. The van der Waals surface area contributed by atoms with Gasteiger partial charge in [0.2, 0.25) is 5.91 Å². The number of halogens is 1. The summed E-state index contributed by atoms with van der Waals surface area (Å²) < 4.78 is 13.8. The maximum Gasteiger partial charge on any atom is 0.251 e. The molecule has 1 aliphatic carbocycles. The van der Waals surface area contributed by atoms with E-state index in [-0.39, 0.29) is 36.1 Å². The highest BCUT2D eigenvalue weighted by Crippen LogP contribution is 2.44. The largest absolute Gasteiger partial charge is 0.386 e. The lowest BCUT2D eigenvalue weighted by Gasteiger charge is -2.38. The van der Waals surface area contributed by atoms with Crippen molar-refractivity contribution in [3.8, 4) is 6.07 Å². The fraction of sp³-hybridized carbons (Fsp3) is 0.361. The zero-order chi connectivity index (χ0) is 33.7. The average Bonchev–Trinajstić information content (AvgIpc) is 3.53. The Bertz CT molecular complexity index is 1680. The molecule has 1 aliphatic heterocycles. The van der Waals surface area contributed by atoms with Crippen LogP contribution in [-0.2, 0) is 23.1 Å². The predicted molar refractivity (Wildman–Crippen MR) is 178 cm³/mol. The van der Waals surface area contributed by atoms with Gasteiger partial charge >= 0.3 is 0 Å². The molecule has 47 heavy (non-hydrogen) atoms. The second-order valence-corrected chi connectivity index (χ2v) is 12.1. The Morgan fingerprint density at radius 3 is 2.11 bits per heavy atom. The van der Waals surface area contributed by atoms with Gasteiger partial charge in [-0.1, -0.05) is 12.1 Å². The number of carbonyl (C=O) groups excluding carboxylic acids is 3. The first-order chi connectivity index (χ1) is 22.6. The first kappa shape index (κ1) is 33.3. The second-order valence-electron chi connectivity index (χ2n) is 12.1. The molecule has 1 heterocycles. The number of nitrogens with zero attached hydrogens (tertiary/aromatic N) is 3. The molecule has 244 valence electrons. The maximum atomic E-state index is 13.8. The lowest BCUT2D eigenvalue weighted by Crippen LogP contribution is -2.49. The first-order valence-corrected chi connectivity index (χ1v) is 15.8. The molecule has 3 amide bonds. The van der Waals surface area contributed by atoms with E-state index in [1.807, 2.05) is 31.2 Å². The molecule has 11 heteroatoms. The van der Waals surface area contributed by atoms with Gasteiger partial charge in [0.15, 0.2) is 0 Å². The Hall–Kier alpha value is -5.08. The Labute approximate surface area is 274 Å². The molecule has 5 N–H and O–H groups in total. The first-order valence-electron chi connectivity index (χ1n) is 15.8. The van der Waals surface area contributed by atoms with E-state index in [4.69, 9.17) is 10.7 Å². The van der Waals surface area contributed by atoms with Crippen molar-refractivity contribution in [1.29, 1.82) is 5.26 Å². The lowest BCUT2D eigenvalue weighted by atomic mass is 9.67. The van der Waals surface area contributed by atoms with Gasteiger partial charge in [0.25, 0.3) is 11.8 Å². The predicted octanol–water partition coefficient (Wildman–Crippen LogP) is 3.50. The molecule has 3 aromatic carbocycles. The van der Waals surface area contributed by atoms with Gasteiger partial charge < -0.3 is 26.6 Å². The third-order valence-electron chi connectivity index (χ3n) is 9.22. The highest BCUT2D eigenvalue weighted by Gasteiger charge is 2.44. The van der Waals surface area contributed by atoms with Gasteiger partial charge in [-0.15, -0.1) is 0 Å². The topological polar surface area (TPSA) is 153 Å². The summed E-state index contributed by atoms with van der Waals surface area (Å²) in [6.07, 6.45) is 2.96. The van der Waals surface area contributed by atoms with Gasteiger partial charge in [0.1, 0.15) is 17.7 Å². The molecule has 5 rings (SSSR count). The number of hydrogen-bond acceptors (Lipinski definition) is 6. The number of benzene rings is 3. The van der Waals surface area contributed by atoms with Crippen LogP contribution in [0.15, 0.2) is 65.7 Å². The standard InChI is InChI=1S/C36H40FN7O3/c1-22(42-21-32(45)44-16-4-5-29(44)20-38)19-36(35(39)43-28-12-10-27(37)11-13-28)30-14-8-25(33(46)40-2)17-23(30)6-7-24-18-26(34(47)41-3)9-15-31(24)36/h8-15,17-18,22,29,42H,4-7,16,19,21H2,1-3H3,(H2,39,43)(H,40,46)(H,41,47)/t22-,29?/m1/s1. The molecule has 0 radical (unpaired) electrons. The molecule has 0 saturated carbocycles. The highest BCUT2D eigenvalue weighted by molar-refractivity contribution is 6.00. The summed E-state index contributed by atoms with van der Waals surface area (Å²) in [5.41, 5.74) is 11.0. The van der Waals surface area contributed by atoms with Crippen molar-refractivity contribution in [3.05, 3.63) is 99.9 Å². The van der Waals surface area contributed by atoms with Gasteiger partial charge in [-0.25, -0.2) is 9.38 Å². The molecule has 1 unspecified atom stereocenters. The van der Waals surface area contributed by atoms with E-state index in [0.717, 1.165) is 28.7 Å². The Morgan fingerprint density at radius 1 is 1.00 bits per heavy atom. The van der Waals surface area contributed by atoms with E-state index in [1.54, 1.807) is 43.3 Å². The van der Waals surface area contributed by atoms with Gasteiger partial charge in [0.05, 0.1) is 23.7 Å². The van der Waals surface area contributed by atoms with Crippen LogP contribution in [0, 0.1) is 17.1 Å². The summed E-state index contributed by atoms with van der Waals surface area (Å²) in [6.45, 7) is 2.56. The molecule has 3 aromatic rings. The van der Waals surface area contributed by atoms with Gasteiger partial charge in [-0.3, -0.25) is 14.4 Å². The number of nitriles is 1. The zero-order valence-electron chi connectivity index (χ0n) is 26.9. The molecule has 0 spiro atoms. The highest BCUT2D eigenvalue weighted by atomic mass is 19.1. The summed E-state index contributed by atoms with van der Waals surface area (Å²) in [5.74, 6) is -0.736. The number of aryl methyl sites for hydroxylation is 2. The van der Waals surface area contributed by atoms with E-state index in [2.05, 4.69) is 22.0 Å². The number of fused-ring (bicyclic) bond motifs is 2. The monoisotopic (exact) mass is 637 g/mol. The third-order valence-corrected chi connectivity index (χ3v) is 9.22. The van der Waals surface area contributed by atoms with Crippen molar-refractivity contribution in [1.82, 2.24) is 20.9 Å². The quantitative estimate of drug-likeness (QED) is 0.208. The minimum Gasteiger partial charge on any atom is -0.386 e. The van der Waals surface area contributed by atoms with Crippen molar-refractivity contribution >= 4 is 29.2 Å². The zero-order valence-corrected chi connectivity index (χ0v) is 26.9. The van der Waals surface area contributed by atoms with Crippen molar-refractivity contribution in [2.45, 2.75) is 56.5 Å². The molecule has 1 saturated heterocycles. The third kappa shape index (κ3) is 6.74. The number of amidine groups is 1. The summed E-state index contributed by atoms with van der Waals surface area (Å²) in [7, 11) is 3.16. The lowest BCUT2D eigenvalue weighted by molar-refractivity contribution is -0.130. The molecule has 0 bridgehead atoms. The minimum atomic E-state index is -1.07. The Morgan fingerprint density at radius 2 is 1.57 bits per heavy atom. The SMILES string of the molecule is CNC(=O)c1ccc2c(c1)CCc1cc(C(=O)NC)ccc1C2(C[C@@H](C)NCC(=O)N1CCCC1C#N)C(N)=Nc1ccc(F)cc1. The number of nitrogens with two attached hydrogens (primary N) is 1. The number of aliphatic imine (C=N–C) groups is 1. The van der Waals surface area contributed by atoms with Crippen LogP contribution in [0.1, 0.15) is 69.2 Å². The minimum absolute atomic E-state index is 0.0371. The number of amides is 3. The second kappa shape index (κ2) is 14.1. The van der Waals surface area contributed by atoms with Crippen LogP contribution in [0.3, 0.4) is 0 Å². The number of hydrogen-bond donors (Lipinski definition) is 4. The van der Waals surface area contributed by atoms with Crippen molar-refractivity contribution in [2.24, 2.45) is 10.7 Å². The Kier molecular flexibility index (Phi) is 10.0. The summed E-state index contributed by atoms with van der Waals surface area (Å²) in [4.78, 5) is 45.0. The fourth-order valence-electron chi connectivity index (χ4n) is 6.86. The smallest absolute Gasteiger partial charge is 0.251 e. The number of rotatable bonds is 9. The number of carbonyl (C=O) groups is 3. The van der Waals surface area contributed by atoms with Crippen LogP contribution in [0.25, 0.3) is 0 Å². The van der Waals surface area contributed by atoms with Crippen LogP contribution >= 0.6 is 0 Å². The van der Waals surface area contributed by atoms with Gasteiger partial charge in [-0.05, 0) is 110 Å². The summed E-state index contributed by atoms with van der Waals surface area (Å²) in [5, 5.41) is 18.3. The number of likely N-dealkylation sites (tertiary alicyclic amines) is 1. The average molecular weight is 638 g/mol. The molecule has 0 aromatic heterocycles. The van der Waals surface area contributed by atoms with Crippen LogP contribution in [-0.4, -0.2) is 67.7 Å². The number of nitrogens with one attached hydrogen (secondary N) is 3. The van der Waals surface area contributed by atoms with E-state index >= 15 is 0 Å².